The Morgan fingerprint density at radius 2 is 1.93 bits per heavy atom. The summed E-state index contributed by atoms with van der Waals surface area (Å²) in [5, 5.41) is 0. The summed E-state index contributed by atoms with van der Waals surface area (Å²) < 4.78 is 0.625. The SMILES string of the molecule is Cc1nc(=S)cc(-c2ccccc2)[nH]1. The Morgan fingerprint density at radius 1 is 1.21 bits per heavy atom. The molecule has 0 saturated heterocycles. The fraction of sp³-hybridized carbons (Fsp3) is 0.0909. The third kappa shape index (κ3) is 1.88. The molecule has 0 radical (unpaired) electrons. The first kappa shape index (κ1) is 9.09. The van der Waals surface area contributed by atoms with Crippen molar-refractivity contribution >= 4 is 12.2 Å². The molecule has 0 aliphatic carbocycles. The van der Waals surface area contributed by atoms with Crippen LogP contribution in [0.2, 0.25) is 0 Å². The molecule has 1 N–H and O–H groups in total. The summed E-state index contributed by atoms with van der Waals surface area (Å²) in [5.41, 5.74) is 2.15. The van der Waals surface area contributed by atoms with Gasteiger partial charge in [0.1, 0.15) is 10.5 Å². The lowest BCUT2D eigenvalue weighted by Crippen LogP contribution is -1.90. The standard InChI is InChI=1S/C11H10N2S/c1-8-12-10(7-11(14)13-8)9-5-3-2-4-6-9/h2-7H,1H3,(H,12,13,14). The predicted molar refractivity (Wildman–Crippen MR) is 59.6 cm³/mol. The molecule has 0 bridgehead atoms. The van der Waals surface area contributed by atoms with Gasteiger partial charge < -0.3 is 4.98 Å². The van der Waals surface area contributed by atoms with Gasteiger partial charge in [-0.25, -0.2) is 4.98 Å². The number of H-pyrrole nitrogens is 1. The van der Waals surface area contributed by atoms with E-state index >= 15 is 0 Å². The van der Waals surface area contributed by atoms with Crippen LogP contribution in [0, 0.1) is 11.6 Å². The minimum absolute atomic E-state index is 0.625. The zero-order valence-corrected chi connectivity index (χ0v) is 8.64. The Kier molecular flexibility index (Phi) is 2.41. The van der Waals surface area contributed by atoms with Crippen molar-refractivity contribution in [3.05, 3.63) is 46.9 Å². The first-order chi connectivity index (χ1) is 6.75. The molecule has 1 aromatic heterocycles. The van der Waals surface area contributed by atoms with Crippen LogP contribution in [0.3, 0.4) is 0 Å². The minimum atomic E-state index is 0.625. The average Bonchev–Trinajstić information content (AvgIpc) is 2.18. The van der Waals surface area contributed by atoms with Crippen LogP contribution in [0.5, 0.6) is 0 Å². The van der Waals surface area contributed by atoms with E-state index in [9.17, 15) is 0 Å². The molecule has 0 aliphatic rings. The topological polar surface area (TPSA) is 28.7 Å². The lowest BCUT2D eigenvalue weighted by atomic mass is 10.1. The number of aromatic amines is 1. The Balaban J connectivity index is 2.58. The number of hydrogen-bond acceptors (Lipinski definition) is 2. The Morgan fingerprint density at radius 3 is 2.57 bits per heavy atom. The fourth-order valence-electron chi connectivity index (χ4n) is 1.35. The van der Waals surface area contributed by atoms with Gasteiger partial charge >= 0.3 is 0 Å². The molecule has 14 heavy (non-hydrogen) atoms. The highest BCUT2D eigenvalue weighted by Gasteiger charge is 1.97. The number of benzene rings is 1. The van der Waals surface area contributed by atoms with Crippen LogP contribution < -0.4 is 0 Å². The second-order valence-electron chi connectivity index (χ2n) is 3.08. The number of rotatable bonds is 1. The molecule has 1 heterocycles. The van der Waals surface area contributed by atoms with Crippen LogP contribution in [0.1, 0.15) is 5.82 Å². The van der Waals surface area contributed by atoms with Crippen LogP contribution >= 0.6 is 12.2 Å². The van der Waals surface area contributed by atoms with Gasteiger partial charge in [0.15, 0.2) is 0 Å². The molecule has 2 aromatic rings. The molecule has 0 amide bonds. The third-order valence-electron chi connectivity index (χ3n) is 1.95. The summed E-state index contributed by atoms with van der Waals surface area (Å²) in [6, 6.07) is 12.0. The maximum Gasteiger partial charge on any atom is 0.130 e. The Hall–Kier alpha value is -1.48. The van der Waals surface area contributed by atoms with E-state index in [0.29, 0.717) is 4.64 Å². The van der Waals surface area contributed by atoms with Gasteiger partial charge in [-0.15, -0.1) is 0 Å². The van der Waals surface area contributed by atoms with Crippen LogP contribution in [-0.4, -0.2) is 9.97 Å². The summed E-state index contributed by atoms with van der Waals surface area (Å²) in [5.74, 6) is 0.844. The van der Waals surface area contributed by atoms with Crippen molar-refractivity contribution in [3.63, 3.8) is 0 Å². The highest BCUT2D eigenvalue weighted by molar-refractivity contribution is 7.71. The molecule has 3 heteroatoms. The minimum Gasteiger partial charge on any atom is -0.343 e. The van der Waals surface area contributed by atoms with E-state index in [1.807, 2.05) is 43.3 Å². The number of aryl methyl sites for hydroxylation is 1. The van der Waals surface area contributed by atoms with Crippen LogP contribution in [0.25, 0.3) is 11.3 Å². The molecule has 0 spiro atoms. The smallest absolute Gasteiger partial charge is 0.130 e. The molecule has 70 valence electrons. The van der Waals surface area contributed by atoms with Gasteiger partial charge in [-0.1, -0.05) is 42.5 Å². The van der Waals surface area contributed by atoms with Crippen LogP contribution in [0.15, 0.2) is 36.4 Å². The largest absolute Gasteiger partial charge is 0.343 e. The van der Waals surface area contributed by atoms with Crippen molar-refractivity contribution in [2.75, 3.05) is 0 Å². The van der Waals surface area contributed by atoms with E-state index in [1.54, 1.807) is 0 Å². The third-order valence-corrected chi connectivity index (χ3v) is 2.16. The highest BCUT2D eigenvalue weighted by atomic mass is 32.1. The van der Waals surface area contributed by atoms with Crippen LogP contribution in [0.4, 0.5) is 0 Å². The quantitative estimate of drug-likeness (QED) is 0.720. The zero-order chi connectivity index (χ0) is 9.97. The van der Waals surface area contributed by atoms with Gasteiger partial charge in [-0.05, 0) is 18.6 Å². The van der Waals surface area contributed by atoms with Crippen molar-refractivity contribution in [2.45, 2.75) is 6.92 Å². The van der Waals surface area contributed by atoms with Crippen LogP contribution in [-0.2, 0) is 0 Å². The van der Waals surface area contributed by atoms with Crippen molar-refractivity contribution < 1.29 is 0 Å². The maximum absolute atomic E-state index is 5.06. The second-order valence-corrected chi connectivity index (χ2v) is 3.50. The summed E-state index contributed by atoms with van der Waals surface area (Å²) in [6.07, 6.45) is 0. The van der Waals surface area contributed by atoms with Gasteiger partial charge in [0, 0.05) is 5.69 Å². The van der Waals surface area contributed by atoms with Gasteiger partial charge in [0.05, 0.1) is 0 Å². The molecule has 0 aliphatic heterocycles. The van der Waals surface area contributed by atoms with E-state index in [2.05, 4.69) is 9.97 Å². The molecular weight excluding hydrogens is 192 g/mol. The van der Waals surface area contributed by atoms with Crippen molar-refractivity contribution in [2.24, 2.45) is 0 Å². The van der Waals surface area contributed by atoms with E-state index in [0.717, 1.165) is 17.1 Å². The van der Waals surface area contributed by atoms with Gasteiger partial charge in [0.2, 0.25) is 0 Å². The molecule has 2 nitrogen and oxygen atoms in total. The number of aromatic nitrogens is 2. The van der Waals surface area contributed by atoms with E-state index in [1.165, 1.54) is 0 Å². The van der Waals surface area contributed by atoms with Crippen molar-refractivity contribution in [3.8, 4) is 11.3 Å². The first-order valence-corrected chi connectivity index (χ1v) is 4.80. The summed E-state index contributed by atoms with van der Waals surface area (Å²) in [4.78, 5) is 7.31. The zero-order valence-electron chi connectivity index (χ0n) is 7.82. The molecule has 1 aromatic carbocycles. The monoisotopic (exact) mass is 202 g/mol. The summed E-state index contributed by atoms with van der Waals surface area (Å²) in [7, 11) is 0. The highest BCUT2D eigenvalue weighted by Crippen LogP contribution is 2.15. The molecule has 0 fully saturated rings. The Bertz CT molecular complexity index is 488. The summed E-state index contributed by atoms with van der Waals surface area (Å²) in [6.45, 7) is 1.90. The van der Waals surface area contributed by atoms with Gasteiger partial charge in [-0.3, -0.25) is 0 Å². The molecule has 0 unspecified atom stereocenters. The number of nitrogens with one attached hydrogen (secondary N) is 1. The van der Waals surface area contributed by atoms with E-state index < -0.39 is 0 Å². The molecule has 0 atom stereocenters. The fourth-order valence-corrected chi connectivity index (χ4v) is 1.61. The van der Waals surface area contributed by atoms with Gasteiger partial charge in [0.25, 0.3) is 0 Å². The van der Waals surface area contributed by atoms with E-state index in [-0.39, 0.29) is 0 Å². The number of hydrogen-bond donors (Lipinski definition) is 1. The van der Waals surface area contributed by atoms with E-state index in [4.69, 9.17) is 12.2 Å². The molecule has 2 rings (SSSR count). The van der Waals surface area contributed by atoms with Crippen molar-refractivity contribution in [1.29, 1.82) is 0 Å². The second kappa shape index (κ2) is 3.72. The lowest BCUT2D eigenvalue weighted by Gasteiger charge is -2.02. The van der Waals surface area contributed by atoms with Crippen molar-refractivity contribution in [1.82, 2.24) is 9.97 Å². The predicted octanol–water partition coefficient (Wildman–Crippen LogP) is 3.11. The number of nitrogens with zero attached hydrogens (tertiary/aromatic N) is 1. The summed E-state index contributed by atoms with van der Waals surface area (Å²) >= 11 is 5.06. The Labute approximate surface area is 87.7 Å². The lowest BCUT2D eigenvalue weighted by molar-refractivity contribution is 1.05. The maximum atomic E-state index is 5.06. The normalized spacial score (nSPS) is 10.1. The molecular formula is C11H10N2S. The molecule has 0 saturated carbocycles. The van der Waals surface area contributed by atoms with Gasteiger partial charge in [-0.2, -0.15) is 0 Å². The first-order valence-electron chi connectivity index (χ1n) is 4.39. The average molecular weight is 202 g/mol.